The third kappa shape index (κ3) is 2.07. The van der Waals surface area contributed by atoms with Gasteiger partial charge in [0.25, 0.3) is 0 Å². The smallest absolute Gasteiger partial charge is 0.335 e. The molecule has 98 valence electrons. The minimum absolute atomic E-state index is 0.169. The predicted molar refractivity (Wildman–Crippen MR) is 75.8 cm³/mol. The van der Waals surface area contributed by atoms with Crippen LogP contribution in [0.1, 0.15) is 10.4 Å². The van der Waals surface area contributed by atoms with Crippen LogP contribution in [-0.2, 0) is 0 Å². The molecule has 0 aliphatic rings. The number of benzene rings is 2. The second-order valence-electron chi connectivity index (χ2n) is 4.45. The van der Waals surface area contributed by atoms with Crippen LogP contribution in [0.3, 0.4) is 0 Å². The van der Waals surface area contributed by atoms with Gasteiger partial charge >= 0.3 is 5.97 Å². The third-order valence-corrected chi connectivity index (χ3v) is 3.14. The minimum atomic E-state index is -0.972. The first kappa shape index (κ1) is 12.2. The maximum absolute atomic E-state index is 11.0. The van der Waals surface area contributed by atoms with Crippen LogP contribution in [0.4, 0.5) is 0 Å². The summed E-state index contributed by atoms with van der Waals surface area (Å²) in [4.78, 5) is 15.3. The van der Waals surface area contributed by atoms with Gasteiger partial charge in [0.05, 0.1) is 11.1 Å². The van der Waals surface area contributed by atoms with Crippen molar-refractivity contribution < 1.29 is 15.0 Å². The molecule has 0 saturated heterocycles. The number of rotatable bonds is 2. The number of phenols is 1. The normalized spacial score (nSPS) is 10.6. The molecule has 0 fully saturated rings. The van der Waals surface area contributed by atoms with Gasteiger partial charge in [0, 0.05) is 22.7 Å². The van der Waals surface area contributed by atoms with Gasteiger partial charge in [-0.1, -0.05) is 18.2 Å². The first-order chi connectivity index (χ1) is 9.65. The second-order valence-corrected chi connectivity index (χ2v) is 4.45. The molecule has 0 saturated carbocycles. The van der Waals surface area contributed by atoms with E-state index in [2.05, 4.69) is 4.98 Å². The monoisotopic (exact) mass is 265 g/mol. The maximum atomic E-state index is 11.0. The molecule has 0 radical (unpaired) electrons. The number of carbonyl (C=O) groups is 1. The van der Waals surface area contributed by atoms with E-state index in [9.17, 15) is 9.90 Å². The average Bonchev–Trinajstić information content (AvgIpc) is 2.46. The number of hydrogen-bond acceptors (Lipinski definition) is 3. The van der Waals surface area contributed by atoms with E-state index in [1.807, 2.05) is 12.1 Å². The first-order valence-electron chi connectivity index (χ1n) is 6.06. The molecular weight excluding hydrogens is 254 g/mol. The molecule has 4 nitrogen and oxygen atoms in total. The Hall–Kier alpha value is -2.88. The van der Waals surface area contributed by atoms with Crippen LogP contribution in [0.2, 0.25) is 0 Å². The Labute approximate surface area is 115 Å². The van der Waals surface area contributed by atoms with Gasteiger partial charge < -0.3 is 10.2 Å². The van der Waals surface area contributed by atoms with E-state index in [1.165, 1.54) is 6.07 Å². The first-order valence-corrected chi connectivity index (χ1v) is 6.06. The van der Waals surface area contributed by atoms with Gasteiger partial charge in [-0.15, -0.1) is 0 Å². The molecule has 0 atom stereocenters. The lowest BCUT2D eigenvalue weighted by Crippen LogP contribution is -1.95. The molecule has 2 aromatic carbocycles. The summed E-state index contributed by atoms with van der Waals surface area (Å²) in [6.45, 7) is 0. The molecule has 1 heterocycles. The fraction of sp³-hybridized carbons (Fsp3) is 0. The topological polar surface area (TPSA) is 70.4 Å². The molecule has 0 amide bonds. The van der Waals surface area contributed by atoms with Crippen LogP contribution in [0, 0.1) is 0 Å². The SMILES string of the molecule is O=C(O)c1ccc2ncc(-c3ccccc3O)cc2c1. The Morgan fingerprint density at radius 2 is 1.85 bits per heavy atom. The summed E-state index contributed by atoms with van der Waals surface area (Å²) in [7, 11) is 0. The quantitative estimate of drug-likeness (QED) is 0.745. The van der Waals surface area contributed by atoms with Crippen molar-refractivity contribution in [2.24, 2.45) is 0 Å². The molecule has 1 aromatic heterocycles. The van der Waals surface area contributed by atoms with Crippen molar-refractivity contribution >= 4 is 16.9 Å². The van der Waals surface area contributed by atoms with Gasteiger partial charge in [-0.05, 0) is 30.3 Å². The summed E-state index contributed by atoms with van der Waals surface area (Å²) in [5.41, 5.74) is 2.35. The molecule has 3 rings (SSSR count). The zero-order valence-electron chi connectivity index (χ0n) is 10.4. The van der Waals surface area contributed by atoms with E-state index in [-0.39, 0.29) is 11.3 Å². The van der Waals surface area contributed by atoms with Gasteiger partial charge in [0.1, 0.15) is 5.75 Å². The molecule has 2 N–H and O–H groups in total. The molecule has 0 aliphatic carbocycles. The lowest BCUT2D eigenvalue weighted by atomic mass is 10.0. The zero-order valence-corrected chi connectivity index (χ0v) is 10.4. The van der Waals surface area contributed by atoms with E-state index in [0.717, 1.165) is 10.9 Å². The van der Waals surface area contributed by atoms with Gasteiger partial charge in [0.2, 0.25) is 0 Å². The standard InChI is InChI=1S/C16H11NO3/c18-15-4-2-1-3-13(15)12-8-11-7-10(16(19)20)5-6-14(11)17-9-12/h1-9,18H,(H,19,20). The second kappa shape index (κ2) is 4.66. The number of carboxylic acids is 1. The highest BCUT2D eigenvalue weighted by Crippen LogP contribution is 2.30. The molecular formula is C16H11NO3. The van der Waals surface area contributed by atoms with Crippen LogP contribution < -0.4 is 0 Å². The van der Waals surface area contributed by atoms with Crippen molar-refractivity contribution in [2.75, 3.05) is 0 Å². The highest BCUT2D eigenvalue weighted by Gasteiger charge is 2.07. The summed E-state index contributed by atoms with van der Waals surface area (Å²) in [5, 5.41) is 19.6. The number of nitrogens with zero attached hydrogens (tertiary/aromatic N) is 1. The summed E-state index contributed by atoms with van der Waals surface area (Å²) >= 11 is 0. The number of aromatic hydroxyl groups is 1. The van der Waals surface area contributed by atoms with Crippen LogP contribution in [0.5, 0.6) is 5.75 Å². The Morgan fingerprint density at radius 1 is 1.05 bits per heavy atom. The zero-order chi connectivity index (χ0) is 14.1. The van der Waals surface area contributed by atoms with Crippen LogP contribution in [0.15, 0.2) is 54.7 Å². The lowest BCUT2D eigenvalue weighted by Gasteiger charge is -2.06. The van der Waals surface area contributed by atoms with E-state index < -0.39 is 5.97 Å². The van der Waals surface area contributed by atoms with Crippen molar-refractivity contribution in [3.8, 4) is 16.9 Å². The van der Waals surface area contributed by atoms with E-state index in [4.69, 9.17) is 5.11 Å². The van der Waals surface area contributed by atoms with Crippen molar-refractivity contribution in [3.05, 3.63) is 60.3 Å². The predicted octanol–water partition coefficient (Wildman–Crippen LogP) is 3.31. The van der Waals surface area contributed by atoms with E-state index in [1.54, 1.807) is 36.5 Å². The summed E-state index contributed by atoms with van der Waals surface area (Å²) in [6.07, 6.45) is 1.66. The summed E-state index contributed by atoms with van der Waals surface area (Å²) in [6, 6.07) is 13.6. The van der Waals surface area contributed by atoms with Gasteiger partial charge in [-0.2, -0.15) is 0 Å². The van der Waals surface area contributed by atoms with E-state index >= 15 is 0 Å². The number of para-hydroxylation sites is 1. The fourth-order valence-electron chi connectivity index (χ4n) is 2.13. The molecule has 20 heavy (non-hydrogen) atoms. The number of hydrogen-bond donors (Lipinski definition) is 2. The lowest BCUT2D eigenvalue weighted by molar-refractivity contribution is 0.0697. The van der Waals surface area contributed by atoms with E-state index in [0.29, 0.717) is 11.1 Å². The Morgan fingerprint density at radius 3 is 2.60 bits per heavy atom. The summed E-state index contributed by atoms with van der Waals surface area (Å²) in [5.74, 6) is -0.803. The fourth-order valence-corrected chi connectivity index (χ4v) is 2.13. The number of pyridine rings is 1. The summed E-state index contributed by atoms with van der Waals surface area (Å²) < 4.78 is 0. The minimum Gasteiger partial charge on any atom is -0.507 e. The van der Waals surface area contributed by atoms with Crippen molar-refractivity contribution in [1.82, 2.24) is 4.98 Å². The van der Waals surface area contributed by atoms with Crippen LogP contribution in [-0.4, -0.2) is 21.2 Å². The average molecular weight is 265 g/mol. The van der Waals surface area contributed by atoms with Crippen LogP contribution in [0.25, 0.3) is 22.0 Å². The number of phenolic OH excluding ortho intramolecular Hbond substituents is 1. The Bertz CT molecular complexity index is 812. The number of carboxylic acid groups (broad SMARTS) is 1. The van der Waals surface area contributed by atoms with Crippen molar-refractivity contribution in [1.29, 1.82) is 0 Å². The Balaban J connectivity index is 2.19. The molecule has 0 spiro atoms. The van der Waals surface area contributed by atoms with Gasteiger partial charge in [0.15, 0.2) is 0 Å². The number of aromatic nitrogens is 1. The number of aromatic carboxylic acids is 1. The molecule has 0 aliphatic heterocycles. The van der Waals surface area contributed by atoms with Gasteiger partial charge in [-0.25, -0.2) is 4.79 Å². The highest BCUT2D eigenvalue weighted by atomic mass is 16.4. The molecule has 3 aromatic rings. The maximum Gasteiger partial charge on any atom is 0.335 e. The molecule has 0 bridgehead atoms. The molecule has 4 heteroatoms. The Kier molecular flexibility index (Phi) is 2.84. The van der Waals surface area contributed by atoms with Crippen molar-refractivity contribution in [3.63, 3.8) is 0 Å². The number of fused-ring (bicyclic) bond motifs is 1. The van der Waals surface area contributed by atoms with Gasteiger partial charge in [-0.3, -0.25) is 4.98 Å². The largest absolute Gasteiger partial charge is 0.507 e. The third-order valence-electron chi connectivity index (χ3n) is 3.14. The van der Waals surface area contributed by atoms with Crippen LogP contribution >= 0.6 is 0 Å². The highest BCUT2D eigenvalue weighted by molar-refractivity contribution is 5.94. The molecule has 0 unspecified atom stereocenters. The van der Waals surface area contributed by atoms with Crippen molar-refractivity contribution in [2.45, 2.75) is 0 Å².